The third-order valence-electron chi connectivity index (χ3n) is 2.32. The molecule has 0 aliphatic heterocycles. The van der Waals surface area contributed by atoms with E-state index in [1.165, 1.54) is 5.56 Å². The van der Waals surface area contributed by atoms with Crippen molar-refractivity contribution in [1.82, 2.24) is 5.32 Å². The van der Waals surface area contributed by atoms with E-state index < -0.39 is 0 Å². The van der Waals surface area contributed by atoms with Gasteiger partial charge >= 0.3 is 0 Å². The smallest absolute Gasteiger partial charge is 0.142 e. The standard InChI is InChI=1S/C12H19N3O/c1-9(14-3)12-6-4-5-11(7-12)8-16-15-10(2)13/h4-7,9,14H,8H2,1-3H3,(H2,13,15). The van der Waals surface area contributed by atoms with Gasteiger partial charge in [0, 0.05) is 6.04 Å². The summed E-state index contributed by atoms with van der Waals surface area (Å²) >= 11 is 0. The molecule has 16 heavy (non-hydrogen) atoms. The van der Waals surface area contributed by atoms with E-state index in [0.717, 1.165) is 5.56 Å². The summed E-state index contributed by atoms with van der Waals surface area (Å²) in [6.07, 6.45) is 0. The molecule has 0 saturated carbocycles. The molecule has 1 rings (SSSR count). The van der Waals surface area contributed by atoms with E-state index in [1.54, 1.807) is 6.92 Å². The van der Waals surface area contributed by atoms with Gasteiger partial charge in [-0.1, -0.05) is 29.4 Å². The van der Waals surface area contributed by atoms with Gasteiger partial charge in [0.2, 0.25) is 0 Å². The molecule has 88 valence electrons. The molecule has 1 aromatic rings. The predicted octanol–water partition coefficient (Wildman–Crippen LogP) is 1.78. The van der Waals surface area contributed by atoms with Crippen LogP contribution in [0.4, 0.5) is 0 Å². The summed E-state index contributed by atoms with van der Waals surface area (Å²) in [5, 5.41) is 6.89. The maximum absolute atomic E-state index is 5.37. The maximum atomic E-state index is 5.37. The first-order chi connectivity index (χ1) is 7.63. The second kappa shape index (κ2) is 6.12. The number of amidine groups is 1. The minimum absolute atomic E-state index is 0.333. The lowest BCUT2D eigenvalue weighted by Gasteiger charge is -2.11. The maximum Gasteiger partial charge on any atom is 0.142 e. The number of nitrogens with two attached hydrogens (primary N) is 1. The summed E-state index contributed by atoms with van der Waals surface area (Å²) in [6.45, 7) is 4.25. The van der Waals surface area contributed by atoms with Crippen LogP contribution in [0.3, 0.4) is 0 Å². The van der Waals surface area contributed by atoms with Gasteiger partial charge in [-0.05, 0) is 32.0 Å². The van der Waals surface area contributed by atoms with Gasteiger partial charge in [0.1, 0.15) is 12.4 Å². The number of hydrogen-bond acceptors (Lipinski definition) is 3. The summed E-state index contributed by atoms with van der Waals surface area (Å²) in [5.74, 6) is 0.430. The zero-order valence-corrected chi connectivity index (χ0v) is 10.0. The minimum Gasteiger partial charge on any atom is -0.390 e. The van der Waals surface area contributed by atoms with Crippen molar-refractivity contribution in [3.05, 3.63) is 35.4 Å². The molecule has 0 aromatic heterocycles. The van der Waals surface area contributed by atoms with Crippen molar-refractivity contribution in [2.75, 3.05) is 7.05 Å². The van der Waals surface area contributed by atoms with Crippen LogP contribution in [0.25, 0.3) is 0 Å². The van der Waals surface area contributed by atoms with Crippen LogP contribution in [0.15, 0.2) is 29.4 Å². The number of hydrogen-bond donors (Lipinski definition) is 2. The molecular weight excluding hydrogens is 202 g/mol. The van der Waals surface area contributed by atoms with Crippen LogP contribution in [0, 0.1) is 0 Å². The van der Waals surface area contributed by atoms with E-state index in [2.05, 4.69) is 29.5 Å². The van der Waals surface area contributed by atoms with Crippen LogP contribution < -0.4 is 11.1 Å². The van der Waals surface area contributed by atoms with Crippen molar-refractivity contribution in [1.29, 1.82) is 0 Å². The van der Waals surface area contributed by atoms with E-state index in [-0.39, 0.29) is 0 Å². The van der Waals surface area contributed by atoms with Crippen molar-refractivity contribution < 1.29 is 4.84 Å². The fourth-order valence-corrected chi connectivity index (χ4v) is 1.33. The van der Waals surface area contributed by atoms with E-state index in [4.69, 9.17) is 10.6 Å². The molecule has 4 heteroatoms. The molecule has 0 saturated heterocycles. The van der Waals surface area contributed by atoms with Crippen molar-refractivity contribution in [3.8, 4) is 0 Å². The summed E-state index contributed by atoms with van der Waals surface area (Å²) in [6, 6.07) is 8.54. The highest BCUT2D eigenvalue weighted by molar-refractivity contribution is 5.76. The fourth-order valence-electron chi connectivity index (χ4n) is 1.33. The lowest BCUT2D eigenvalue weighted by molar-refractivity contribution is 0.130. The third kappa shape index (κ3) is 3.90. The SMILES string of the molecule is CNC(C)c1cccc(CO/N=C(/C)N)c1. The Kier molecular flexibility index (Phi) is 4.79. The molecule has 0 spiro atoms. The minimum atomic E-state index is 0.333. The van der Waals surface area contributed by atoms with Crippen molar-refractivity contribution in [3.63, 3.8) is 0 Å². The second-order valence-corrected chi connectivity index (χ2v) is 3.76. The molecule has 1 aromatic carbocycles. The zero-order valence-electron chi connectivity index (χ0n) is 10.0. The van der Waals surface area contributed by atoms with E-state index in [9.17, 15) is 0 Å². The van der Waals surface area contributed by atoms with Crippen molar-refractivity contribution in [2.24, 2.45) is 10.9 Å². The molecule has 0 aliphatic carbocycles. The van der Waals surface area contributed by atoms with Crippen LogP contribution >= 0.6 is 0 Å². The van der Waals surface area contributed by atoms with Crippen LogP contribution in [0.2, 0.25) is 0 Å². The lowest BCUT2D eigenvalue weighted by atomic mass is 10.1. The van der Waals surface area contributed by atoms with E-state index >= 15 is 0 Å². The highest BCUT2D eigenvalue weighted by atomic mass is 16.6. The zero-order chi connectivity index (χ0) is 12.0. The van der Waals surface area contributed by atoms with Gasteiger partial charge in [-0.3, -0.25) is 0 Å². The number of rotatable bonds is 5. The molecule has 0 amide bonds. The quantitative estimate of drug-likeness (QED) is 0.452. The first-order valence-electron chi connectivity index (χ1n) is 5.31. The van der Waals surface area contributed by atoms with Gasteiger partial charge < -0.3 is 15.9 Å². The van der Waals surface area contributed by atoms with E-state index in [0.29, 0.717) is 18.5 Å². The highest BCUT2D eigenvalue weighted by Gasteiger charge is 2.02. The Balaban J connectivity index is 2.64. The molecule has 0 radical (unpaired) electrons. The lowest BCUT2D eigenvalue weighted by Crippen LogP contribution is -2.12. The van der Waals surface area contributed by atoms with Gasteiger partial charge in [-0.15, -0.1) is 0 Å². The van der Waals surface area contributed by atoms with Crippen molar-refractivity contribution >= 4 is 5.84 Å². The van der Waals surface area contributed by atoms with Crippen molar-refractivity contribution in [2.45, 2.75) is 26.5 Å². The highest BCUT2D eigenvalue weighted by Crippen LogP contribution is 2.14. The Bertz CT molecular complexity index is 359. The van der Waals surface area contributed by atoms with Crippen LogP contribution in [0.5, 0.6) is 0 Å². The average molecular weight is 221 g/mol. The van der Waals surface area contributed by atoms with Gasteiger partial charge in [-0.25, -0.2) is 0 Å². The number of nitrogens with zero attached hydrogens (tertiary/aromatic N) is 1. The molecule has 0 fully saturated rings. The fraction of sp³-hybridized carbons (Fsp3) is 0.417. The third-order valence-corrected chi connectivity index (χ3v) is 2.32. The number of oxime groups is 1. The Morgan fingerprint density at radius 3 is 2.94 bits per heavy atom. The van der Waals surface area contributed by atoms with Gasteiger partial charge in [-0.2, -0.15) is 0 Å². The summed E-state index contributed by atoms with van der Waals surface area (Å²) < 4.78 is 0. The summed E-state index contributed by atoms with van der Waals surface area (Å²) in [4.78, 5) is 5.09. The Morgan fingerprint density at radius 2 is 2.31 bits per heavy atom. The molecule has 0 aliphatic rings. The molecule has 0 bridgehead atoms. The van der Waals surface area contributed by atoms with Crippen LogP contribution in [0.1, 0.15) is 31.0 Å². The Hall–Kier alpha value is -1.55. The van der Waals surface area contributed by atoms with Gasteiger partial charge in [0.15, 0.2) is 0 Å². The van der Waals surface area contributed by atoms with Crippen LogP contribution in [-0.2, 0) is 11.4 Å². The monoisotopic (exact) mass is 221 g/mol. The van der Waals surface area contributed by atoms with Gasteiger partial charge in [0.05, 0.1) is 0 Å². The molecule has 1 atom stereocenters. The Morgan fingerprint density at radius 1 is 1.56 bits per heavy atom. The molecular formula is C12H19N3O. The number of benzene rings is 1. The summed E-state index contributed by atoms with van der Waals surface area (Å²) in [7, 11) is 1.94. The first-order valence-corrected chi connectivity index (χ1v) is 5.31. The normalized spacial score (nSPS) is 13.6. The predicted molar refractivity (Wildman–Crippen MR) is 66.0 cm³/mol. The molecule has 3 N–H and O–H groups in total. The van der Waals surface area contributed by atoms with Gasteiger partial charge in [0.25, 0.3) is 0 Å². The Labute approximate surface area is 96.5 Å². The molecule has 4 nitrogen and oxygen atoms in total. The summed E-state index contributed by atoms with van der Waals surface area (Å²) in [5.41, 5.74) is 7.69. The first kappa shape index (κ1) is 12.5. The second-order valence-electron chi connectivity index (χ2n) is 3.76. The van der Waals surface area contributed by atoms with Crippen LogP contribution in [-0.4, -0.2) is 12.9 Å². The topological polar surface area (TPSA) is 59.6 Å². The molecule has 0 heterocycles. The number of nitrogens with one attached hydrogen (secondary N) is 1. The largest absolute Gasteiger partial charge is 0.390 e. The van der Waals surface area contributed by atoms with E-state index in [1.807, 2.05) is 19.2 Å². The molecule has 1 unspecified atom stereocenters. The average Bonchev–Trinajstić information content (AvgIpc) is 2.28.